The van der Waals surface area contributed by atoms with Crippen LogP contribution in [-0.4, -0.2) is 49.1 Å². The molecule has 0 saturated carbocycles. The van der Waals surface area contributed by atoms with Crippen LogP contribution in [0.1, 0.15) is 29.8 Å². The van der Waals surface area contributed by atoms with Crippen LogP contribution in [0.2, 0.25) is 0 Å². The molecule has 0 bridgehead atoms. The van der Waals surface area contributed by atoms with Gasteiger partial charge in [-0.2, -0.15) is 4.31 Å². The van der Waals surface area contributed by atoms with Crippen LogP contribution in [0.15, 0.2) is 82.1 Å². The SMILES string of the molecule is COc1ccc(-c2nnc(NC(=O)c3ccc(S(=O)(=O)N(Cc4ccccc4)C(C)C)cc3)o2)c(OC)c1. The Hall–Kier alpha value is -4.22. The summed E-state index contributed by atoms with van der Waals surface area (Å²) in [6.45, 7) is 3.88. The van der Waals surface area contributed by atoms with E-state index in [1.807, 2.05) is 44.2 Å². The van der Waals surface area contributed by atoms with Crippen molar-refractivity contribution in [1.29, 1.82) is 0 Å². The van der Waals surface area contributed by atoms with Crippen molar-refractivity contribution in [3.8, 4) is 23.0 Å². The summed E-state index contributed by atoms with van der Waals surface area (Å²) in [4.78, 5) is 12.9. The molecule has 3 aromatic carbocycles. The number of methoxy groups -OCH3 is 2. The summed E-state index contributed by atoms with van der Waals surface area (Å²) < 4.78 is 44.3. The molecule has 11 heteroatoms. The minimum atomic E-state index is -3.80. The molecule has 0 radical (unpaired) electrons. The molecular weight excluding hydrogens is 508 g/mol. The topological polar surface area (TPSA) is 124 Å². The van der Waals surface area contributed by atoms with E-state index in [4.69, 9.17) is 13.9 Å². The molecule has 10 nitrogen and oxygen atoms in total. The van der Waals surface area contributed by atoms with Crippen molar-refractivity contribution in [1.82, 2.24) is 14.5 Å². The summed E-state index contributed by atoms with van der Waals surface area (Å²) in [6, 6.07) is 19.8. The van der Waals surface area contributed by atoms with Crippen LogP contribution in [0.5, 0.6) is 11.5 Å². The molecule has 38 heavy (non-hydrogen) atoms. The summed E-state index contributed by atoms with van der Waals surface area (Å²) >= 11 is 0. The van der Waals surface area contributed by atoms with Crippen LogP contribution in [-0.2, 0) is 16.6 Å². The van der Waals surface area contributed by atoms with E-state index in [2.05, 4.69) is 15.5 Å². The second-order valence-electron chi connectivity index (χ2n) is 8.59. The number of nitrogens with one attached hydrogen (secondary N) is 1. The van der Waals surface area contributed by atoms with E-state index < -0.39 is 15.9 Å². The lowest BCUT2D eigenvalue weighted by Gasteiger charge is -2.26. The molecule has 0 aliphatic carbocycles. The van der Waals surface area contributed by atoms with Gasteiger partial charge in [0, 0.05) is 24.2 Å². The van der Waals surface area contributed by atoms with E-state index >= 15 is 0 Å². The van der Waals surface area contributed by atoms with Crippen molar-refractivity contribution < 1.29 is 27.1 Å². The maximum absolute atomic E-state index is 13.4. The third-order valence-corrected chi connectivity index (χ3v) is 7.80. The van der Waals surface area contributed by atoms with Crippen molar-refractivity contribution >= 4 is 21.9 Å². The zero-order chi connectivity index (χ0) is 27.3. The predicted molar refractivity (Wildman–Crippen MR) is 142 cm³/mol. The first-order chi connectivity index (χ1) is 18.2. The number of nitrogens with zero attached hydrogens (tertiary/aromatic N) is 3. The van der Waals surface area contributed by atoms with Gasteiger partial charge >= 0.3 is 6.01 Å². The fraction of sp³-hybridized carbons (Fsp3) is 0.222. The highest BCUT2D eigenvalue weighted by Gasteiger charge is 2.27. The smallest absolute Gasteiger partial charge is 0.322 e. The van der Waals surface area contributed by atoms with Gasteiger partial charge < -0.3 is 13.9 Å². The van der Waals surface area contributed by atoms with Gasteiger partial charge in [0.25, 0.3) is 11.8 Å². The summed E-state index contributed by atoms with van der Waals surface area (Å²) in [5.74, 6) is 0.676. The zero-order valence-corrected chi connectivity index (χ0v) is 22.2. The number of rotatable bonds is 10. The van der Waals surface area contributed by atoms with Gasteiger partial charge in [0.15, 0.2) is 0 Å². The van der Waals surface area contributed by atoms with Crippen LogP contribution in [0.3, 0.4) is 0 Å². The maximum atomic E-state index is 13.4. The molecule has 0 unspecified atom stereocenters. The van der Waals surface area contributed by atoms with Crippen LogP contribution >= 0.6 is 0 Å². The highest BCUT2D eigenvalue weighted by atomic mass is 32.2. The molecule has 4 rings (SSSR count). The molecule has 198 valence electrons. The first-order valence-electron chi connectivity index (χ1n) is 11.8. The Morgan fingerprint density at radius 2 is 1.68 bits per heavy atom. The van der Waals surface area contributed by atoms with Crippen molar-refractivity contribution in [2.24, 2.45) is 0 Å². The number of sulfonamides is 1. The van der Waals surface area contributed by atoms with Gasteiger partial charge in [0.2, 0.25) is 10.0 Å². The first kappa shape index (κ1) is 26.8. The molecule has 0 fully saturated rings. The number of ether oxygens (including phenoxy) is 2. The molecule has 0 spiro atoms. The fourth-order valence-electron chi connectivity index (χ4n) is 3.75. The molecule has 1 heterocycles. The van der Waals surface area contributed by atoms with Gasteiger partial charge in [-0.3, -0.25) is 10.1 Å². The summed E-state index contributed by atoms with van der Waals surface area (Å²) in [7, 11) is -0.752. The number of hydrogen-bond donors (Lipinski definition) is 1. The molecule has 4 aromatic rings. The Kier molecular flexibility index (Phi) is 8.08. The van der Waals surface area contributed by atoms with E-state index in [0.717, 1.165) is 5.56 Å². The van der Waals surface area contributed by atoms with Gasteiger partial charge in [0.05, 0.1) is 24.7 Å². The van der Waals surface area contributed by atoms with Gasteiger partial charge in [-0.15, -0.1) is 5.10 Å². The van der Waals surface area contributed by atoms with E-state index in [9.17, 15) is 13.2 Å². The maximum Gasteiger partial charge on any atom is 0.322 e. The van der Waals surface area contributed by atoms with Crippen molar-refractivity contribution in [3.63, 3.8) is 0 Å². The third kappa shape index (κ3) is 5.84. The Labute approximate surface area is 221 Å². The predicted octanol–water partition coefficient (Wildman–Crippen LogP) is 4.61. The van der Waals surface area contributed by atoms with Crippen LogP contribution in [0.4, 0.5) is 6.01 Å². The van der Waals surface area contributed by atoms with Gasteiger partial charge in [-0.25, -0.2) is 8.42 Å². The fourth-order valence-corrected chi connectivity index (χ4v) is 5.37. The van der Waals surface area contributed by atoms with Crippen molar-refractivity contribution in [2.75, 3.05) is 19.5 Å². The molecule has 0 aliphatic heterocycles. The second kappa shape index (κ2) is 11.4. The van der Waals surface area contributed by atoms with Gasteiger partial charge in [-0.1, -0.05) is 35.4 Å². The molecule has 0 aliphatic rings. The Morgan fingerprint density at radius 1 is 0.974 bits per heavy atom. The number of aromatic nitrogens is 2. The second-order valence-corrected chi connectivity index (χ2v) is 10.5. The lowest BCUT2D eigenvalue weighted by atomic mass is 10.2. The molecule has 1 aromatic heterocycles. The number of carbonyl (C=O) groups is 1. The van der Waals surface area contributed by atoms with Gasteiger partial charge in [0.1, 0.15) is 11.5 Å². The minimum absolute atomic E-state index is 0.0883. The number of amides is 1. The molecule has 0 saturated heterocycles. The quantitative estimate of drug-likeness (QED) is 0.312. The summed E-state index contributed by atoms with van der Waals surface area (Å²) in [5.41, 5.74) is 1.64. The number of hydrogen-bond acceptors (Lipinski definition) is 8. The monoisotopic (exact) mass is 536 g/mol. The summed E-state index contributed by atoms with van der Waals surface area (Å²) in [6.07, 6.45) is 0. The normalized spacial score (nSPS) is 11.5. The van der Waals surface area contributed by atoms with Gasteiger partial charge in [-0.05, 0) is 55.8 Å². The first-order valence-corrected chi connectivity index (χ1v) is 13.2. The van der Waals surface area contributed by atoms with E-state index in [0.29, 0.717) is 17.1 Å². The Morgan fingerprint density at radius 3 is 2.32 bits per heavy atom. The van der Waals surface area contributed by atoms with Crippen LogP contribution in [0.25, 0.3) is 11.5 Å². The Balaban J connectivity index is 1.49. The average molecular weight is 537 g/mol. The standard InChI is InChI=1S/C27H28N4O6S/c1-18(2)31(17-19-8-6-5-7-9-19)38(33,34)22-13-10-20(11-14-22)25(32)28-27-30-29-26(37-27)23-15-12-21(35-3)16-24(23)36-4/h5-16,18H,17H2,1-4H3,(H,28,30,32). The van der Waals surface area contributed by atoms with E-state index in [1.54, 1.807) is 25.3 Å². The molecule has 1 amide bonds. The lowest BCUT2D eigenvalue weighted by Crippen LogP contribution is -2.36. The van der Waals surface area contributed by atoms with Crippen molar-refractivity contribution in [3.05, 3.63) is 83.9 Å². The summed E-state index contributed by atoms with van der Waals surface area (Å²) in [5, 5.41) is 10.4. The minimum Gasteiger partial charge on any atom is -0.497 e. The third-order valence-electron chi connectivity index (χ3n) is 5.76. The average Bonchev–Trinajstić information content (AvgIpc) is 3.39. The van der Waals surface area contributed by atoms with E-state index in [1.165, 1.54) is 35.7 Å². The van der Waals surface area contributed by atoms with Crippen molar-refractivity contribution in [2.45, 2.75) is 31.3 Å². The highest BCUT2D eigenvalue weighted by Crippen LogP contribution is 2.33. The van der Waals surface area contributed by atoms with Crippen LogP contribution in [0, 0.1) is 0 Å². The lowest BCUT2D eigenvalue weighted by molar-refractivity contribution is 0.102. The molecular formula is C27H28N4O6S. The molecule has 0 atom stereocenters. The molecule has 1 N–H and O–H groups in total. The number of carbonyl (C=O) groups excluding carboxylic acids is 1. The highest BCUT2D eigenvalue weighted by molar-refractivity contribution is 7.89. The zero-order valence-electron chi connectivity index (χ0n) is 21.4. The van der Waals surface area contributed by atoms with Crippen LogP contribution < -0.4 is 14.8 Å². The largest absolute Gasteiger partial charge is 0.497 e. The van der Waals surface area contributed by atoms with E-state index in [-0.39, 0.29) is 35.0 Å². The Bertz CT molecular complexity index is 1500. The number of benzene rings is 3. The number of anilines is 1.